The average Bonchev–Trinajstić information content (AvgIpc) is 3.78. The van der Waals surface area contributed by atoms with Crippen molar-refractivity contribution in [3.8, 4) is 11.5 Å². The van der Waals surface area contributed by atoms with Crippen molar-refractivity contribution in [3.63, 3.8) is 0 Å². The molecular weight excluding hydrogens is 784 g/mol. The Hall–Kier alpha value is -4.95. The molecule has 1 aromatic heterocycles. The van der Waals surface area contributed by atoms with Crippen molar-refractivity contribution < 1.29 is 73.3 Å². The van der Waals surface area contributed by atoms with Crippen LogP contribution in [0.1, 0.15) is 61.1 Å². The Bertz CT molecular complexity index is 1690. The van der Waals surface area contributed by atoms with Gasteiger partial charge in [0.2, 0.25) is 5.82 Å². The molecule has 2 aliphatic heterocycles. The first-order valence-electron chi connectivity index (χ1n) is 19.0. The first kappa shape index (κ1) is 45.1. The van der Waals surface area contributed by atoms with E-state index in [-0.39, 0.29) is 70.6 Å². The van der Waals surface area contributed by atoms with Crippen molar-refractivity contribution >= 4 is 17.9 Å². The molecule has 2 aliphatic rings. The number of methoxy groups -OCH3 is 2. The minimum atomic E-state index is -1.14. The van der Waals surface area contributed by atoms with E-state index in [2.05, 4.69) is 41.3 Å². The van der Waals surface area contributed by atoms with Gasteiger partial charge in [-0.3, -0.25) is 30.5 Å². The van der Waals surface area contributed by atoms with Crippen LogP contribution in [0.15, 0.2) is 42.5 Å². The number of fused-ring (bicyclic) bond motifs is 1. The van der Waals surface area contributed by atoms with E-state index in [0.717, 1.165) is 42.1 Å². The zero-order chi connectivity index (χ0) is 42.0. The van der Waals surface area contributed by atoms with Crippen LogP contribution in [0.2, 0.25) is 0 Å². The number of amides is 1. The molecule has 3 aromatic rings. The Labute approximate surface area is 339 Å². The highest BCUT2D eigenvalue weighted by Crippen LogP contribution is 2.39. The van der Waals surface area contributed by atoms with Gasteiger partial charge >= 0.3 is 12.2 Å². The van der Waals surface area contributed by atoms with Crippen molar-refractivity contribution in [3.05, 3.63) is 59.4 Å². The summed E-state index contributed by atoms with van der Waals surface area (Å²) in [6.45, 7) is 2.42. The summed E-state index contributed by atoms with van der Waals surface area (Å²) in [5.74, 6) is 1.18. The van der Waals surface area contributed by atoms with Crippen LogP contribution < -0.4 is 14.4 Å². The van der Waals surface area contributed by atoms with E-state index in [1.54, 1.807) is 14.2 Å². The largest absolute Gasteiger partial charge is 0.508 e. The number of benzene rings is 2. The van der Waals surface area contributed by atoms with Crippen LogP contribution >= 0.6 is 0 Å². The molecular formula is C36H52N8O15. The summed E-state index contributed by atoms with van der Waals surface area (Å²) in [4.78, 5) is 39.6. The van der Waals surface area contributed by atoms with Gasteiger partial charge in [-0.1, -0.05) is 23.4 Å². The van der Waals surface area contributed by atoms with E-state index in [1.807, 2.05) is 36.4 Å². The lowest BCUT2D eigenvalue weighted by Gasteiger charge is -2.44. The second kappa shape index (κ2) is 23.6. The van der Waals surface area contributed by atoms with Crippen LogP contribution in [-0.4, -0.2) is 155 Å². The van der Waals surface area contributed by atoms with Gasteiger partial charge in [0, 0.05) is 51.5 Å². The third kappa shape index (κ3) is 14.1. The molecule has 3 heterocycles. The number of hydrogen-bond donors (Lipinski definition) is 5. The van der Waals surface area contributed by atoms with Crippen LogP contribution in [0.3, 0.4) is 0 Å². The monoisotopic (exact) mass is 836 g/mol. The molecule has 0 bridgehead atoms. The predicted octanol–water partition coefficient (Wildman–Crippen LogP) is 3.41. The lowest BCUT2D eigenvalue weighted by molar-refractivity contribution is -0.493. The van der Waals surface area contributed by atoms with Crippen LogP contribution in [0.4, 0.5) is 15.3 Å². The molecule has 23 nitrogen and oxygen atoms in total. The van der Waals surface area contributed by atoms with Gasteiger partial charge in [-0.15, -0.1) is 10.2 Å². The van der Waals surface area contributed by atoms with Gasteiger partial charge in [-0.25, -0.2) is 9.59 Å². The number of likely N-dealkylation sites (tertiary alicyclic amines) is 1. The minimum absolute atomic E-state index is 0.00692. The number of nitrogens with one attached hydrogen (secondary N) is 1. The van der Waals surface area contributed by atoms with Gasteiger partial charge in [0.05, 0.1) is 75.8 Å². The van der Waals surface area contributed by atoms with Gasteiger partial charge in [0.1, 0.15) is 18.1 Å². The van der Waals surface area contributed by atoms with Crippen molar-refractivity contribution in [2.75, 3.05) is 78.4 Å². The van der Waals surface area contributed by atoms with Gasteiger partial charge < -0.3 is 43.0 Å². The van der Waals surface area contributed by atoms with Crippen molar-refractivity contribution in [2.45, 2.75) is 62.9 Å². The van der Waals surface area contributed by atoms with Crippen LogP contribution in [0.25, 0.3) is 0 Å². The second-order valence-electron chi connectivity index (χ2n) is 13.5. The third-order valence-electron chi connectivity index (χ3n) is 9.60. The summed E-state index contributed by atoms with van der Waals surface area (Å²) in [6, 6.07) is 12.8. The maximum absolute atomic E-state index is 13.9. The Morgan fingerprint density at radius 3 is 2.37 bits per heavy atom. The molecule has 4 unspecified atom stereocenters. The molecule has 59 heavy (non-hydrogen) atoms. The van der Waals surface area contributed by atoms with Crippen LogP contribution in [0, 0.1) is 0 Å². The van der Waals surface area contributed by atoms with Crippen molar-refractivity contribution in [1.29, 1.82) is 0 Å². The number of tetrazole rings is 1. The van der Waals surface area contributed by atoms with Crippen molar-refractivity contribution in [2.24, 2.45) is 0 Å². The quantitative estimate of drug-likeness (QED) is 0.0520. The molecule has 0 saturated carbocycles. The van der Waals surface area contributed by atoms with Crippen LogP contribution in [0.5, 0.6) is 11.5 Å². The van der Waals surface area contributed by atoms with E-state index in [1.165, 1.54) is 4.90 Å². The molecule has 5 rings (SSSR count). The fourth-order valence-corrected chi connectivity index (χ4v) is 6.82. The summed E-state index contributed by atoms with van der Waals surface area (Å²) in [5.41, 5.74) is 2.78. The molecule has 0 radical (unpaired) electrons. The number of aromatic nitrogens is 4. The highest BCUT2D eigenvalue weighted by molar-refractivity contribution is 5.68. The first-order valence-corrected chi connectivity index (χ1v) is 19.0. The molecule has 5 N–H and O–H groups in total. The number of rotatable bonds is 23. The number of anilines is 1. The van der Waals surface area contributed by atoms with Gasteiger partial charge in [0.25, 0.3) is 0 Å². The van der Waals surface area contributed by atoms with E-state index >= 15 is 0 Å². The zero-order valence-electron chi connectivity index (χ0n) is 32.9. The van der Waals surface area contributed by atoms with Gasteiger partial charge in [-0.2, -0.15) is 5.21 Å². The number of ether oxygens (including phenoxy) is 7. The molecule has 1 saturated heterocycles. The second-order valence-corrected chi connectivity index (χ2v) is 13.5. The van der Waals surface area contributed by atoms with E-state index in [9.17, 15) is 9.59 Å². The molecule has 23 heteroatoms. The first-order chi connectivity index (χ1) is 28.6. The smallest absolute Gasteiger partial charge is 0.497 e. The summed E-state index contributed by atoms with van der Waals surface area (Å²) in [6.07, 6.45) is -2.06. The topological polar surface area (TPSA) is 266 Å². The molecule has 0 spiro atoms. The number of nitrogens with zero attached hydrogens (tertiary/aromatic N) is 7. The Kier molecular flexibility index (Phi) is 18.1. The highest BCUT2D eigenvalue weighted by Gasteiger charge is 2.42. The zero-order valence-corrected chi connectivity index (χ0v) is 32.9. The number of piperidine rings is 1. The fourth-order valence-electron chi connectivity index (χ4n) is 6.82. The normalized spacial score (nSPS) is 18.3. The Balaban J connectivity index is 1.38. The molecule has 4 atom stereocenters. The maximum atomic E-state index is 13.9. The van der Waals surface area contributed by atoms with Gasteiger partial charge in [0.15, 0.2) is 6.10 Å². The Morgan fingerprint density at radius 1 is 0.949 bits per heavy atom. The third-order valence-corrected chi connectivity index (χ3v) is 9.60. The molecule has 326 valence electrons. The number of H-pyrrole nitrogens is 1. The number of aromatic amines is 1. The SMILES string of the molecule is COCCCN1CCOc2ccc(COC3CN(C(=O)OCCCON(O)O)C(CC(OC(=O)OCCCON(O)O)c4nn[nH]n4)CC3c3ccc(OC)cc3)cc21. The van der Waals surface area contributed by atoms with E-state index < -0.39 is 41.3 Å². The fraction of sp³-hybridized carbons (Fsp3) is 0.583. The molecule has 2 aromatic carbocycles. The van der Waals surface area contributed by atoms with E-state index in [0.29, 0.717) is 25.4 Å². The van der Waals surface area contributed by atoms with Crippen LogP contribution in [-0.2, 0) is 40.0 Å². The molecule has 1 amide bonds. The number of hydrogen-bond acceptors (Lipinski definition) is 21. The number of carbonyl (C=O) groups excluding carboxylic acids is 2. The molecule has 1 fully saturated rings. The highest BCUT2D eigenvalue weighted by atomic mass is 17.1. The van der Waals surface area contributed by atoms with Crippen molar-refractivity contribution in [1.82, 2.24) is 36.3 Å². The standard InChI is InChI=1S/C36H52N8O15/c1-51-14-3-12-41-13-19-53-31-11-6-25(20-30(31)41)24-56-33-23-42(35(45)54-15-4-17-57-43(47)48)27(21-29(33)26-7-9-28(52-2)10-8-26)22-32(34-37-39-40-38-34)59-36(46)55-16-5-18-58-44(49)50/h6-11,20,27,29,32-33,47-50H,3-5,12-19,21-24H2,1-2H3,(H,37,38,39,40). The summed E-state index contributed by atoms with van der Waals surface area (Å²) >= 11 is 0. The predicted molar refractivity (Wildman–Crippen MR) is 197 cm³/mol. The summed E-state index contributed by atoms with van der Waals surface area (Å²) in [5, 5.41) is 48.3. The lowest BCUT2D eigenvalue weighted by Crippen LogP contribution is -2.53. The van der Waals surface area contributed by atoms with Gasteiger partial charge in [-0.05, 0) is 48.2 Å². The molecule has 0 aliphatic carbocycles. The minimum Gasteiger partial charge on any atom is -0.497 e. The maximum Gasteiger partial charge on any atom is 0.508 e. The summed E-state index contributed by atoms with van der Waals surface area (Å²) in [7, 11) is 3.26. The lowest BCUT2D eigenvalue weighted by atomic mass is 9.81. The number of carbonyl (C=O) groups is 2. The van der Waals surface area contributed by atoms with E-state index in [4.69, 9.17) is 54.0 Å². The Morgan fingerprint density at radius 2 is 1.69 bits per heavy atom. The summed E-state index contributed by atoms with van der Waals surface area (Å²) < 4.78 is 39.8. The average molecular weight is 837 g/mol.